The molecule has 0 fully saturated rings. The van der Waals surface area contributed by atoms with Crippen molar-refractivity contribution in [3.63, 3.8) is 0 Å². The molecule has 390 valence electrons. The molecule has 12 aromatic carbocycles. The summed E-state index contributed by atoms with van der Waals surface area (Å²) in [6, 6.07) is 0. The standard InChI is InChI=1S/C56H64B32O/c57-23-7(9-5-1-3-15(32(66)26(5)60)38(72)46(80)40(74)17(3)36(70)34(68)13(1)30(64)28(9)62)11(19-25(59)21-22-45(79)50(84)52(86)54(88)56(22)89-55(21)53(87)44(19)78)24(58)12(20-42(76)48(82)51(85)49(83)43(20)77)8(23)10-6-2-4-16(33(67)27(6)61)39(73)47(81)41(75)18(4)37(71)35(69)14(2)31(65)29(10)63/h57-88H2. The summed E-state index contributed by atoms with van der Waals surface area (Å²) in [4.78, 5) is 0. The van der Waals surface area contributed by atoms with Crippen LogP contribution in [0.1, 0.15) is 0 Å². The summed E-state index contributed by atoms with van der Waals surface area (Å²) in [5.41, 5.74) is 56.7. The molecule has 0 aliphatic heterocycles. The molecule has 89 heavy (non-hydrogen) atoms. The third-order valence-electron chi connectivity index (χ3n) is 26.0. The van der Waals surface area contributed by atoms with Crippen LogP contribution in [0, 0.1) is 0 Å². The minimum absolute atomic E-state index is 1.02. The Morgan fingerprint density at radius 3 is 0.607 bits per heavy atom. The van der Waals surface area contributed by atoms with Crippen molar-refractivity contribution in [2.45, 2.75) is 0 Å². The van der Waals surface area contributed by atoms with Crippen LogP contribution in [0.2, 0.25) is 0 Å². The zero-order chi connectivity index (χ0) is 65.0. The Morgan fingerprint density at radius 2 is 0.270 bits per heavy atom. The fraction of sp³-hybridized carbons (Fsp3) is 0. The van der Waals surface area contributed by atoms with E-state index in [1.165, 1.54) is 295 Å². The van der Waals surface area contributed by atoms with Gasteiger partial charge < -0.3 is 4.42 Å². The van der Waals surface area contributed by atoms with Crippen molar-refractivity contribution in [3.05, 3.63) is 0 Å². The van der Waals surface area contributed by atoms with E-state index in [2.05, 4.69) is 251 Å². The molecule has 1 heterocycles. The first-order chi connectivity index (χ1) is 41.6. The van der Waals surface area contributed by atoms with E-state index in [0.29, 0.717) is 0 Å². The number of fused-ring (bicyclic) bond motifs is 3. The quantitative estimate of drug-likeness (QED) is 0.126. The van der Waals surface area contributed by atoms with Crippen molar-refractivity contribution in [1.82, 2.24) is 0 Å². The Labute approximate surface area is 557 Å². The third kappa shape index (κ3) is 7.55. The van der Waals surface area contributed by atoms with E-state index in [0.717, 1.165) is 11.2 Å². The molecule has 33 heteroatoms. The van der Waals surface area contributed by atoms with Gasteiger partial charge in [-0.2, -0.15) is 0 Å². The van der Waals surface area contributed by atoms with Crippen molar-refractivity contribution in [2.75, 3.05) is 0 Å². The van der Waals surface area contributed by atoms with Gasteiger partial charge in [-0.25, -0.2) is 0 Å². The van der Waals surface area contributed by atoms with Gasteiger partial charge in [0, 0.05) is 10.8 Å². The van der Waals surface area contributed by atoms with Crippen LogP contribution in [-0.2, 0) is 0 Å². The second-order valence-corrected chi connectivity index (χ2v) is 29.0. The molecule has 0 N–H and O–H groups in total. The van der Waals surface area contributed by atoms with Gasteiger partial charge >= 0.3 is 0 Å². The lowest BCUT2D eigenvalue weighted by Gasteiger charge is -2.35. The van der Waals surface area contributed by atoms with Crippen LogP contribution in [-0.4, -0.2) is 251 Å². The zero-order valence-electron chi connectivity index (χ0n) is 60.4. The second kappa shape index (κ2) is 20.5. The second-order valence-electron chi connectivity index (χ2n) is 29.0. The minimum atomic E-state index is 1.02. The van der Waals surface area contributed by atoms with E-state index in [4.69, 9.17) is 4.42 Å². The highest BCUT2D eigenvalue weighted by Gasteiger charge is 2.36. The number of hydrogen-bond acceptors (Lipinski definition) is 1. The first-order valence-electron chi connectivity index (χ1n) is 33.2. The predicted molar refractivity (Wildman–Crippen MR) is 505 cm³/mol. The Morgan fingerprint density at radius 1 is 0.101 bits per heavy atom. The predicted octanol–water partition coefficient (Wildman–Crippen LogP) is -39.7. The van der Waals surface area contributed by atoms with Crippen LogP contribution in [0.15, 0.2) is 4.42 Å². The van der Waals surface area contributed by atoms with Gasteiger partial charge in [-0.3, -0.25) is 0 Å². The van der Waals surface area contributed by atoms with E-state index >= 15 is 0 Å². The number of rotatable bonds is 4. The normalized spacial score (nSPS) is 12.1. The molecule has 0 spiro atoms. The number of hydrogen-bond donors (Lipinski definition) is 0. The highest BCUT2D eigenvalue weighted by Crippen LogP contribution is 2.43. The van der Waals surface area contributed by atoms with Crippen LogP contribution in [0.5, 0.6) is 0 Å². The van der Waals surface area contributed by atoms with E-state index in [-0.39, 0.29) is 0 Å². The summed E-state index contributed by atoms with van der Waals surface area (Å²) in [7, 11) is 77.2. The summed E-state index contributed by atoms with van der Waals surface area (Å²) in [5.74, 6) is 0. The lowest BCUT2D eigenvalue weighted by Crippen LogP contribution is -2.55. The zero-order valence-corrected chi connectivity index (χ0v) is 60.4. The molecule has 1 nitrogen and oxygen atoms in total. The molecule has 0 saturated heterocycles. The smallest absolute Gasteiger partial charge is 0.143 e. The molecule has 0 bridgehead atoms. The Hall–Kier alpha value is -5.40. The molecule has 1 aromatic heterocycles. The Kier molecular flexibility index (Phi) is 14.4. The van der Waals surface area contributed by atoms with Gasteiger partial charge in [-0.05, 0) is 109 Å². The maximum atomic E-state index is 7.30. The molecule has 13 rings (SSSR count). The van der Waals surface area contributed by atoms with Gasteiger partial charge in [0.2, 0.25) is 0 Å². The molecule has 0 unspecified atom stereocenters. The van der Waals surface area contributed by atoms with Crippen LogP contribution in [0.3, 0.4) is 0 Å². The molecule has 0 radical (unpaired) electrons. The maximum absolute atomic E-state index is 7.30. The van der Waals surface area contributed by atoms with Crippen molar-refractivity contribution in [1.29, 1.82) is 0 Å². The van der Waals surface area contributed by atoms with Gasteiger partial charge in [0.25, 0.3) is 0 Å². The monoisotopic (exact) mass is 1100 g/mol. The molecular formula is C56H64B32O. The molecular weight excluding hydrogens is 1030 g/mol. The maximum Gasteiger partial charge on any atom is 0.143 e. The number of benzene rings is 12. The summed E-state index contributed by atoms with van der Waals surface area (Å²) >= 11 is 0. The van der Waals surface area contributed by atoms with Crippen molar-refractivity contribution < 1.29 is 4.42 Å². The third-order valence-corrected chi connectivity index (χ3v) is 26.0. The topological polar surface area (TPSA) is 13.1 Å². The van der Waals surface area contributed by atoms with E-state index in [9.17, 15) is 0 Å². The number of furan rings is 1. The van der Waals surface area contributed by atoms with E-state index in [1.807, 2.05) is 0 Å². The molecule has 0 aliphatic rings. The average Bonchev–Trinajstić information content (AvgIpc) is 1.12. The molecule has 0 atom stereocenters. The average molecular weight is 1100 g/mol. The molecule has 0 amide bonds. The van der Waals surface area contributed by atoms with Crippen molar-refractivity contribution in [2.24, 2.45) is 0 Å². The van der Waals surface area contributed by atoms with Gasteiger partial charge in [0.15, 0.2) is 0 Å². The highest BCUT2D eigenvalue weighted by atomic mass is 16.3. The molecule has 0 aliphatic carbocycles. The summed E-state index contributed by atoms with van der Waals surface area (Å²) in [6.07, 6.45) is 0. The fourth-order valence-electron chi connectivity index (χ4n) is 18.9. The van der Waals surface area contributed by atoms with Crippen molar-refractivity contribution >= 4 is 512 Å². The lowest BCUT2D eigenvalue weighted by atomic mass is 9.54. The minimum Gasteiger partial charge on any atom is -0.457 e. The summed E-state index contributed by atoms with van der Waals surface area (Å²) in [6.45, 7) is 0. The molecule has 0 saturated carbocycles. The first kappa shape index (κ1) is 62.4. The van der Waals surface area contributed by atoms with Gasteiger partial charge in [-0.1, -0.05) is 142 Å². The summed E-state index contributed by atoms with van der Waals surface area (Å²) in [5, 5.41) is 19.7. The molecule has 13 aromatic rings. The SMILES string of the molecule is Bc1c(B)c(B)c(-c2c(B)c(-c3c(B)c(B)c4oc5c(B)c(B)c(B)c(B)c5c4c3B)c(-c3c(B)c(B)c4c(B)c(B)c5c(B)c(B)c(B)c6c(B)c(B)c3c4c56)c(B)c2-c2c(B)c(B)c3c(B)c(B)c4c(B)c(B)c(B)c5c(B)c(B)c2c3c45)c(B)c1B. The Balaban J connectivity index is 1.41. The lowest BCUT2D eigenvalue weighted by molar-refractivity contribution is 0.675. The van der Waals surface area contributed by atoms with E-state index < -0.39 is 0 Å². The van der Waals surface area contributed by atoms with Crippen molar-refractivity contribution in [3.8, 4) is 44.5 Å². The Bertz CT molecular complexity index is 5550. The fourth-order valence-corrected chi connectivity index (χ4v) is 18.9. The van der Waals surface area contributed by atoms with E-state index in [1.54, 1.807) is 0 Å². The summed E-state index contributed by atoms with van der Waals surface area (Å²) < 4.78 is 7.30. The first-order valence-corrected chi connectivity index (χ1v) is 33.2. The van der Waals surface area contributed by atoms with Gasteiger partial charge in [0.05, 0.1) is 0 Å². The van der Waals surface area contributed by atoms with Gasteiger partial charge in [-0.15, -0.1) is 32.8 Å². The van der Waals surface area contributed by atoms with Gasteiger partial charge in [0.1, 0.15) is 262 Å². The van der Waals surface area contributed by atoms with Crippen LogP contribution >= 0.6 is 0 Å². The van der Waals surface area contributed by atoms with Crippen LogP contribution in [0.4, 0.5) is 0 Å². The highest BCUT2D eigenvalue weighted by molar-refractivity contribution is 6.80. The largest absolute Gasteiger partial charge is 0.457 e. The van der Waals surface area contributed by atoms with Crippen LogP contribution < -0.4 is 175 Å². The van der Waals surface area contributed by atoms with Crippen LogP contribution in [0.25, 0.3) is 131 Å².